The fourth-order valence-corrected chi connectivity index (χ4v) is 3.72. The highest BCUT2D eigenvalue weighted by atomic mass is 16.5. The van der Waals surface area contributed by atoms with E-state index in [4.69, 9.17) is 4.74 Å². The Kier molecular flexibility index (Phi) is 6.21. The molecule has 0 aliphatic carbocycles. The van der Waals surface area contributed by atoms with Gasteiger partial charge in [0.05, 0.1) is 25.3 Å². The van der Waals surface area contributed by atoms with Gasteiger partial charge in [-0.1, -0.05) is 47.7 Å². The Bertz CT molecular complexity index is 1080. The lowest BCUT2D eigenvalue weighted by Crippen LogP contribution is -2.36. The second-order valence-corrected chi connectivity index (χ2v) is 7.47. The number of hydrogen-bond acceptors (Lipinski definition) is 5. The van der Waals surface area contributed by atoms with Gasteiger partial charge in [-0.25, -0.2) is 4.68 Å². The van der Waals surface area contributed by atoms with Crippen LogP contribution in [0.4, 0.5) is 0 Å². The Morgan fingerprint density at radius 2 is 2.00 bits per heavy atom. The summed E-state index contributed by atoms with van der Waals surface area (Å²) in [7, 11) is 0. The van der Waals surface area contributed by atoms with E-state index in [2.05, 4.69) is 16.9 Å². The minimum absolute atomic E-state index is 0.143. The maximum absolute atomic E-state index is 12.8. The van der Waals surface area contributed by atoms with Crippen molar-refractivity contribution >= 4 is 12.2 Å². The lowest BCUT2D eigenvalue weighted by Gasteiger charge is -2.22. The second kappa shape index (κ2) is 9.38. The number of benzene rings is 2. The van der Waals surface area contributed by atoms with Gasteiger partial charge in [0.1, 0.15) is 24.3 Å². The Balaban J connectivity index is 1.43. The first-order chi connectivity index (χ1) is 15.2. The molecule has 1 aromatic heterocycles. The summed E-state index contributed by atoms with van der Waals surface area (Å²) in [5.74, 6) is 0.481. The van der Waals surface area contributed by atoms with Crippen molar-refractivity contribution in [2.75, 3.05) is 0 Å². The highest BCUT2D eigenvalue weighted by Gasteiger charge is 2.34. The molecule has 2 heterocycles. The van der Waals surface area contributed by atoms with E-state index in [1.807, 2.05) is 42.6 Å². The lowest BCUT2D eigenvalue weighted by atomic mass is 10.1. The van der Waals surface area contributed by atoms with Crippen molar-refractivity contribution < 1.29 is 14.3 Å². The molecule has 1 unspecified atom stereocenters. The second-order valence-electron chi connectivity index (χ2n) is 7.47. The molecule has 0 saturated heterocycles. The zero-order chi connectivity index (χ0) is 21.6. The minimum atomic E-state index is -0.469. The number of nitrogens with zero attached hydrogens (tertiary/aromatic N) is 4. The number of fused-ring (bicyclic) bond motifs is 1. The number of carbonyl (C=O) groups excluding carboxylic acids is 2. The van der Waals surface area contributed by atoms with E-state index in [0.29, 0.717) is 42.9 Å². The number of allylic oxidation sites excluding steroid dienone is 1. The van der Waals surface area contributed by atoms with E-state index in [9.17, 15) is 9.59 Å². The first-order valence-electron chi connectivity index (χ1n) is 10.2. The summed E-state index contributed by atoms with van der Waals surface area (Å²) in [5, 5.41) is 8.34. The van der Waals surface area contributed by atoms with Gasteiger partial charge in [-0.3, -0.25) is 4.79 Å². The molecule has 31 heavy (non-hydrogen) atoms. The van der Waals surface area contributed by atoms with Crippen LogP contribution in [0, 0.1) is 0 Å². The molecule has 0 bridgehead atoms. The maximum Gasteiger partial charge on any atom is 0.255 e. The minimum Gasteiger partial charge on any atom is -0.487 e. The average molecular weight is 416 g/mol. The smallest absolute Gasteiger partial charge is 0.255 e. The first kappa shape index (κ1) is 20.5. The van der Waals surface area contributed by atoms with Crippen LogP contribution in [0.15, 0.2) is 67.4 Å². The van der Waals surface area contributed by atoms with Crippen molar-refractivity contribution in [2.24, 2.45) is 0 Å². The van der Waals surface area contributed by atoms with Crippen molar-refractivity contribution in [3.05, 3.63) is 89.8 Å². The lowest BCUT2D eigenvalue weighted by molar-refractivity contribution is -0.112. The van der Waals surface area contributed by atoms with E-state index >= 15 is 0 Å². The SMILES string of the molecule is C=CCCC(C=O)N1Cc2c(OCc3cn(Cc4ccccc4)nn3)cccc2C1=O. The number of ether oxygens (including phenoxy) is 1. The molecule has 0 spiro atoms. The molecule has 0 radical (unpaired) electrons. The fraction of sp³-hybridized carbons (Fsp3) is 0.250. The highest BCUT2D eigenvalue weighted by Crippen LogP contribution is 2.33. The third-order valence-corrected chi connectivity index (χ3v) is 5.33. The van der Waals surface area contributed by atoms with E-state index in [1.54, 1.807) is 27.8 Å². The molecule has 0 fully saturated rings. The number of amides is 1. The number of carbonyl (C=O) groups is 2. The number of aldehydes is 1. The van der Waals surface area contributed by atoms with E-state index in [-0.39, 0.29) is 12.5 Å². The van der Waals surface area contributed by atoms with Gasteiger partial charge in [0.25, 0.3) is 5.91 Å². The van der Waals surface area contributed by atoms with Crippen LogP contribution in [-0.2, 0) is 24.5 Å². The molecule has 0 saturated carbocycles. The normalized spacial score (nSPS) is 13.7. The molecule has 4 rings (SSSR count). The van der Waals surface area contributed by atoms with E-state index in [0.717, 1.165) is 17.4 Å². The molecule has 1 aliphatic heterocycles. The van der Waals surface area contributed by atoms with Crippen LogP contribution in [-0.4, -0.2) is 38.1 Å². The molecule has 1 atom stereocenters. The van der Waals surface area contributed by atoms with Crippen LogP contribution in [0.1, 0.15) is 40.0 Å². The molecule has 2 aromatic carbocycles. The summed E-state index contributed by atoms with van der Waals surface area (Å²) in [6.07, 6.45) is 5.67. The zero-order valence-corrected chi connectivity index (χ0v) is 17.2. The molecule has 3 aromatic rings. The summed E-state index contributed by atoms with van der Waals surface area (Å²) >= 11 is 0. The van der Waals surface area contributed by atoms with Crippen LogP contribution in [0.5, 0.6) is 5.75 Å². The Morgan fingerprint density at radius 1 is 1.16 bits per heavy atom. The molecule has 1 aliphatic rings. The van der Waals surface area contributed by atoms with Crippen molar-refractivity contribution in [3.8, 4) is 5.75 Å². The van der Waals surface area contributed by atoms with E-state index in [1.165, 1.54) is 0 Å². The summed E-state index contributed by atoms with van der Waals surface area (Å²) in [5.41, 5.74) is 3.22. The summed E-state index contributed by atoms with van der Waals surface area (Å²) in [4.78, 5) is 26.0. The van der Waals surface area contributed by atoms with Gasteiger partial charge in [0.15, 0.2) is 0 Å². The van der Waals surface area contributed by atoms with Gasteiger partial charge < -0.3 is 14.4 Å². The third-order valence-electron chi connectivity index (χ3n) is 5.33. The monoisotopic (exact) mass is 416 g/mol. The molecular formula is C24H24N4O3. The van der Waals surface area contributed by atoms with Crippen molar-refractivity contribution in [3.63, 3.8) is 0 Å². The Labute approximate surface area is 180 Å². The quantitative estimate of drug-likeness (QED) is 0.374. The fourth-order valence-electron chi connectivity index (χ4n) is 3.72. The standard InChI is InChI=1S/C24H24N4O3/c1-2-3-10-20(16-29)28-15-22-21(24(28)30)11-7-12-23(22)31-17-19-14-27(26-25-19)13-18-8-5-4-6-9-18/h2,4-9,11-12,14,16,20H,1,3,10,13,15,17H2. The zero-order valence-electron chi connectivity index (χ0n) is 17.2. The summed E-state index contributed by atoms with van der Waals surface area (Å²) < 4.78 is 7.76. The van der Waals surface area contributed by atoms with Gasteiger partial charge in [-0.2, -0.15) is 0 Å². The summed E-state index contributed by atoms with van der Waals surface area (Å²) in [6.45, 7) is 4.92. The van der Waals surface area contributed by atoms with E-state index < -0.39 is 6.04 Å². The molecule has 158 valence electrons. The molecular weight excluding hydrogens is 392 g/mol. The summed E-state index contributed by atoms with van der Waals surface area (Å²) in [6, 6.07) is 15.0. The topological polar surface area (TPSA) is 77.3 Å². The molecule has 0 N–H and O–H groups in total. The molecule has 7 heteroatoms. The average Bonchev–Trinajstić information content (AvgIpc) is 3.38. The van der Waals surface area contributed by atoms with Crippen LogP contribution >= 0.6 is 0 Å². The van der Waals surface area contributed by atoms with Gasteiger partial charge in [-0.05, 0) is 30.5 Å². The van der Waals surface area contributed by atoms with Gasteiger partial charge >= 0.3 is 0 Å². The van der Waals surface area contributed by atoms with Crippen LogP contribution in [0.25, 0.3) is 0 Å². The van der Waals surface area contributed by atoms with Crippen LogP contribution < -0.4 is 4.74 Å². The highest BCUT2D eigenvalue weighted by molar-refractivity contribution is 6.00. The number of hydrogen-bond donors (Lipinski definition) is 0. The molecule has 1 amide bonds. The van der Waals surface area contributed by atoms with Crippen molar-refractivity contribution in [1.29, 1.82) is 0 Å². The Hall–Kier alpha value is -3.74. The van der Waals surface area contributed by atoms with Crippen molar-refractivity contribution in [1.82, 2.24) is 19.9 Å². The Morgan fingerprint density at radius 3 is 2.77 bits per heavy atom. The predicted molar refractivity (Wildman–Crippen MR) is 115 cm³/mol. The predicted octanol–water partition coefficient (Wildman–Crippen LogP) is 3.39. The van der Waals surface area contributed by atoms with Gasteiger partial charge in [0, 0.05) is 11.1 Å². The largest absolute Gasteiger partial charge is 0.487 e. The third kappa shape index (κ3) is 4.55. The first-order valence-corrected chi connectivity index (χ1v) is 10.2. The van der Waals surface area contributed by atoms with Crippen molar-refractivity contribution in [2.45, 2.75) is 38.6 Å². The van der Waals surface area contributed by atoms with Gasteiger partial charge in [0.2, 0.25) is 0 Å². The molecule has 7 nitrogen and oxygen atoms in total. The maximum atomic E-state index is 12.8. The number of aromatic nitrogens is 3. The number of rotatable bonds is 10. The van der Waals surface area contributed by atoms with Gasteiger partial charge in [-0.15, -0.1) is 11.7 Å². The van der Waals surface area contributed by atoms with Crippen LogP contribution in [0.3, 0.4) is 0 Å². The van der Waals surface area contributed by atoms with Crippen LogP contribution in [0.2, 0.25) is 0 Å².